The molecule has 1 aliphatic heterocycles. The van der Waals surface area contributed by atoms with Crippen molar-refractivity contribution < 1.29 is 9.47 Å². The fourth-order valence-electron chi connectivity index (χ4n) is 3.88. The Hall–Kier alpha value is -0.120. The first-order valence-electron chi connectivity index (χ1n) is 8.27. The number of ether oxygens (including phenoxy) is 2. The van der Waals surface area contributed by atoms with E-state index in [9.17, 15) is 0 Å². The maximum atomic E-state index is 6.32. The van der Waals surface area contributed by atoms with Gasteiger partial charge in [0.05, 0.1) is 12.2 Å². The molecule has 2 unspecified atom stereocenters. The lowest BCUT2D eigenvalue weighted by molar-refractivity contribution is -0.102. The van der Waals surface area contributed by atoms with E-state index < -0.39 is 0 Å². The molecule has 1 heterocycles. The predicted molar refractivity (Wildman–Crippen MR) is 78.4 cm³/mol. The molecule has 2 atom stereocenters. The zero-order chi connectivity index (χ0) is 13.6. The van der Waals surface area contributed by atoms with E-state index in [0.717, 1.165) is 26.4 Å². The molecule has 3 heteroatoms. The highest BCUT2D eigenvalue weighted by Gasteiger charge is 2.44. The molecular formula is C16H31NO2. The van der Waals surface area contributed by atoms with E-state index in [-0.39, 0.29) is 5.60 Å². The minimum absolute atomic E-state index is 0.0700. The normalized spacial score (nSPS) is 28.4. The lowest BCUT2D eigenvalue weighted by atomic mass is 9.74. The van der Waals surface area contributed by atoms with E-state index in [1.807, 2.05) is 0 Å². The van der Waals surface area contributed by atoms with Gasteiger partial charge in [0, 0.05) is 25.2 Å². The largest absolute Gasteiger partial charge is 0.381 e. The van der Waals surface area contributed by atoms with Crippen LogP contribution in [0.4, 0.5) is 0 Å². The van der Waals surface area contributed by atoms with Crippen molar-refractivity contribution in [2.75, 3.05) is 26.4 Å². The first-order valence-corrected chi connectivity index (χ1v) is 8.27. The standard InChI is InChI=1S/C16H31NO2/c1-3-11-17-15(14-8-12-18-13-14)16(19-4-2)9-6-5-7-10-16/h14-15,17H,3-13H2,1-2H3. The van der Waals surface area contributed by atoms with Gasteiger partial charge in [-0.25, -0.2) is 0 Å². The second-order valence-corrected chi connectivity index (χ2v) is 6.11. The quantitative estimate of drug-likeness (QED) is 0.770. The molecular weight excluding hydrogens is 238 g/mol. The van der Waals surface area contributed by atoms with E-state index >= 15 is 0 Å². The lowest BCUT2D eigenvalue weighted by Gasteiger charge is -2.46. The molecule has 0 bridgehead atoms. The monoisotopic (exact) mass is 269 g/mol. The summed E-state index contributed by atoms with van der Waals surface area (Å²) in [4.78, 5) is 0. The van der Waals surface area contributed by atoms with Crippen molar-refractivity contribution in [3.8, 4) is 0 Å². The molecule has 0 aromatic rings. The van der Waals surface area contributed by atoms with E-state index in [2.05, 4.69) is 19.2 Å². The molecule has 3 nitrogen and oxygen atoms in total. The highest BCUT2D eigenvalue weighted by molar-refractivity contribution is 4.99. The maximum Gasteiger partial charge on any atom is 0.0838 e. The molecule has 2 rings (SSSR count). The van der Waals surface area contributed by atoms with Gasteiger partial charge in [0.2, 0.25) is 0 Å². The Morgan fingerprint density at radius 2 is 2.05 bits per heavy atom. The summed E-state index contributed by atoms with van der Waals surface area (Å²) in [5, 5.41) is 3.80. The number of rotatable bonds is 7. The Bertz CT molecular complexity index is 240. The molecule has 0 amide bonds. The highest BCUT2D eigenvalue weighted by atomic mass is 16.5. The van der Waals surface area contributed by atoms with Crippen molar-refractivity contribution in [3.63, 3.8) is 0 Å². The van der Waals surface area contributed by atoms with Gasteiger partial charge < -0.3 is 14.8 Å². The van der Waals surface area contributed by atoms with Gasteiger partial charge in [-0.2, -0.15) is 0 Å². The zero-order valence-electron chi connectivity index (χ0n) is 12.7. The summed E-state index contributed by atoms with van der Waals surface area (Å²) < 4.78 is 12.0. The first-order chi connectivity index (χ1) is 9.32. The third-order valence-corrected chi connectivity index (χ3v) is 4.75. The van der Waals surface area contributed by atoms with Crippen LogP contribution < -0.4 is 5.32 Å². The highest BCUT2D eigenvalue weighted by Crippen LogP contribution is 2.39. The third kappa shape index (κ3) is 3.71. The Morgan fingerprint density at radius 3 is 2.63 bits per heavy atom. The van der Waals surface area contributed by atoms with Gasteiger partial charge >= 0.3 is 0 Å². The molecule has 1 N–H and O–H groups in total. The molecule has 0 aromatic carbocycles. The summed E-state index contributed by atoms with van der Waals surface area (Å²) in [5.41, 5.74) is 0.0700. The first kappa shape index (κ1) is 15.3. The second kappa shape index (κ2) is 7.61. The van der Waals surface area contributed by atoms with Crippen molar-refractivity contribution in [3.05, 3.63) is 0 Å². The number of hydrogen-bond acceptors (Lipinski definition) is 3. The second-order valence-electron chi connectivity index (χ2n) is 6.11. The SMILES string of the molecule is CCCNC(C1CCOC1)C1(OCC)CCCCC1. The summed E-state index contributed by atoms with van der Waals surface area (Å²) in [6, 6.07) is 0.482. The van der Waals surface area contributed by atoms with Crippen molar-refractivity contribution in [1.82, 2.24) is 5.32 Å². The summed E-state index contributed by atoms with van der Waals surface area (Å²) in [7, 11) is 0. The lowest BCUT2D eigenvalue weighted by Crippen LogP contribution is -2.57. The summed E-state index contributed by atoms with van der Waals surface area (Å²) in [5.74, 6) is 0.635. The molecule has 112 valence electrons. The summed E-state index contributed by atoms with van der Waals surface area (Å²) in [6.07, 6.45) is 8.83. The Labute approximate surface area is 118 Å². The van der Waals surface area contributed by atoms with Gasteiger partial charge in [0.25, 0.3) is 0 Å². The molecule has 1 saturated carbocycles. The van der Waals surface area contributed by atoms with Gasteiger partial charge in [-0.05, 0) is 39.2 Å². The summed E-state index contributed by atoms with van der Waals surface area (Å²) >= 11 is 0. The van der Waals surface area contributed by atoms with Gasteiger partial charge in [-0.3, -0.25) is 0 Å². The van der Waals surface area contributed by atoms with Crippen molar-refractivity contribution in [2.24, 2.45) is 5.92 Å². The van der Waals surface area contributed by atoms with Crippen LogP contribution in [-0.2, 0) is 9.47 Å². The van der Waals surface area contributed by atoms with E-state index in [0.29, 0.717) is 12.0 Å². The molecule has 0 spiro atoms. The van der Waals surface area contributed by atoms with Crippen LogP contribution in [0.15, 0.2) is 0 Å². The fraction of sp³-hybridized carbons (Fsp3) is 1.00. The molecule has 2 aliphatic rings. The molecule has 1 saturated heterocycles. The van der Waals surface area contributed by atoms with Crippen LogP contribution in [0.1, 0.15) is 58.8 Å². The van der Waals surface area contributed by atoms with Crippen molar-refractivity contribution in [2.45, 2.75) is 70.4 Å². The Balaban J connectivity index is 2.10. The van der Waals surface area contributed by atoms with E-state index in [1.165, 1.54) is 44.9 Å². The number of hydrogen-bond donors (Lipinski definition) is 1. The molecule has 0 radical (unpaired) electrons. The minimum atomic E-state index is 0.0700. The van der Waals surface area contributed by atoms with Crippen LogP contribution >= 0.6 is 0 Å². The van der Waals surface area contributed by atoms with E-state index in [4.69, 9.17) is 9.47 Å². The zero-order valence-corrected chi connectivity index (χ0v) is 12.7. The Morgan fingerprint density at radius 1 is 1.26 bits per heavy atom. The minimum Gasteiger partial charge on any atom is -0.381 e. The predicted octanol–water partition coefficient (Wildman–Crippen LogP) is 3.13. The molecule has 0 aromatic heterocycles. The average Bonchev–Trinajstić information content (AvgIpc) is 2.94. The van der Waals surface area contributed by atoms with Crippen LogP contribution in [0.3, 0.4) is 0 Å². The molecule has 19 heavy (non-hydrogen) atoms. The van der Waals surface area contributed by atoms with Crippen LogP contribution in [0.5, 0.6) is 0 Å². The van der Waals surface area contributed by atoms with Crippen LogP contribution in [0.25, 0.3) is 0 Å². The van der Waals surface area contributed by atoms with Gasteiger partial charge in [0.15, 0.2) is 0 Å². The molecule has 1 aliphatic carbocycles. The van der Waals surface area contributed by atoms with Gasteiger partial charge in [-0.15, -0.1) is 0 Å². The van der Waals surface area contributed by atoms with Crippen LogP contribution in [0.2, 0.25) is 0 Å². The van der Waals surface area contributed by atoms with Gasteiger partial charge in [-0.1, -0.05) is 26.2 Å². The van der Waals surface area contributed by atoms with Crippen LogP contribution in [-0.4, -0.2) is 38.0 Å². The average molecular weight is 269 g/mol. The topological polar surface area (TPSA) is 30.5 Å². The van der Waals surface area contributed by atoms with E-state index in [1.54, 1.807) is 0 Å². The van der Waals surface area contributed by atoms with Crippen LogP contribution in [0, 0.1) is 5.92 Å². The molecule has 2 fully saturated rings. The Kier molecular flexibility index (Phi) is 6.11. The summed E-state index contributed by atoms with van der Waals surface area (Å²) in [6.45, 7) is 8.14. The smallest absolute Gasteiger partial charge is 0.0838 e. The fourth-order valence-corrected chi connectivity index (χ4v) is 3.88. The van der Waals surface area contributed by atoms with Crippen molar-refractivity contribution >= 4 is 0 Å². The third-order valence-electron chi connectivity index (χ3n) is 4.75. The van der Waals surface area contributed by atoms with Crippen molar-refractivity contribution in [1.29, 1.82) is 0 Å². The maximum absolute atomic E-state index is 6.32. The van der Waals surface area contributed by atoms with Gasteiger partial charge in [0.1, 0.15) is 0 Å². The number of nitrogens with one attached hydrogen (secondary N) is 1.